The van der Waals surface area contributed by atoms with E-state index < -0.39 is 0 Å². The highest BCUT2D eigenvalue weighted by Gasteiger charge is 2.02. The Morgan fingerprint density at radius 1 is 1.05 bits per heavy atom. The molecular weight excluding hydrogens is 238 g/mol. The minimum atomic E-state index is 0.149. The third-order valence-electron chi connectivity index (χ3n) is 2.86. The number of rotatable bonds is 5. The Labute approximate surface area is 112 Å². The lowest BCUT2D eigenvalue weighted by Crippen LogP contribution is -1.98. The summed E-state index contributed by atoms with van der Waals surface area (Å²) in [5.74, 6) is 0.759. The van der Waals surface area contributed by atoms with Crippen LogP contribution in [0.15, 0.2) is 48.5 Å². The van der Waals surface area contributed by atoms with E-state index in [-0.39, 0.29) is 6.61 Å². The maximum Gasteiger partial charge on any atom is 0.119 e. The molecule has 96 valence electrons. The fourth-order valence-electron chi connectivity index (χ4n) is 1.80. The van der Waals surface area contributed by atoms with Gasteiger partial charge in [-0.3, -0.25) is 0 Å². The predicted molar refractivity (Wildman–Crippen MR) is 72.7 cm³/mol. The summed E-state index contributed by atoms with van der Waals surface area (Å²) in [6.07, 6.45) is 0.650. The van der Waals surface area contributed by atoms with Crippen molar-refractivity contribution in [1.29, 1.82) is 5.26 Å². The monoisotopic (exact) mass is 253 g/mol. The van der Waals surface area contributed by atoms with Gasteiger partial charge in [0.1, 0.15) is 12.4 Å². The molecule has 0 radical (unpaired) electrons. The van der Waals surface area contributed by atoms with E-state index in [9.17, 15) is 0 Å². The van der Waals surface area contributed by atoms with Gasteiger partial charge in [0.15, 0.2) is 0 Å². The lowest BCUT2D eigenvalue weighted by molar-refractivity contribution is 0.298. The van der Waals surface area contributed by atoms with Crippen LogP contribution in [0.25, 0.3) is 0 Å². The molecule has 0 unspecified atom stereocenters. The van der Waals surface area contributed by atoms with Crippen LogP contribution in [-0.2, 0) is 13.0 Å². The van der Waals surface area contributed by atoms with Gasteiger partial charge in [-0.05, 0) is 30.2 Å². The number of hydrogen-bond donors (Lipinski definition) is 1. The molecule has 19 heavy (non-hydrogen) atoms. The van der Waals surface area contributed by atoms with E-state index in [4.69, 9.17) is 15.1 Å². The molecule has 0 atom stereocenters. The first-order valence-electron chi connectivity index (χ1n) is 6.14. The minimum absolute atomic E-state index is 0.149. The van der Waals surface area contributed by atoms with E-state index in [0.29, 0.717) is 18.6 Å². The van der Waals surface area contributed by atoms with Gasteiger partial charge < -0.3 is 9.84 Å². The van der Waals surface area contributed by atoms with Crippen molar-refractivity contribution in [1.82, 2.24) is 0 Å². The second-order valence-corrected chi connectivity index (χ2v) is 4.18. The van der Waals surface area contributed by atoms with E-state index in [1.807, 2.05) is 42.5 Å². The second-order valence-electron chi connectivity index (χ2n) is 4.18. The Morgan fingerprint density at radius 3 is 2.47 bits per heavy atom. The molecule has 3 nitrogen and oxygen atoms in total. The molecule has 0 spiro atoms. The molecule has 0 heterocycles. The summed E-state index contributed by atoms with van der Waals surface area (Å²) < 4.78 is 5.65. The molecule has 0 fully saturated rings. The summed E-state index contributed by atoms with van der Waals surface area (Å²) in [5, 5.41) is 17.8. The Bertz CT molecular complexity index is 570. The Morgan fingerprint density at radius 2 is 1.79 bits per heavy atom. The number of benzene rings is 2. The van der Waals surface area contributed by atoms with Gasteiger partial charge in [-0.2, -0.15) is 5.26 Å². The first kappa shape index (κ1) is 13.1. The third kappa shape index (κ3) is 3.57. The molecule has 0 aliphatic carbocycles. The molecule has 2 rings (SSSR count). The van der Waals surface area contributed by atoms with Crippen LogP contribution in [0.1, 0.15) is 16.7 Å². The Kier molecular flexibility index (Phi) is 4.54. The molecule has 1 N–H and O–H groups in total. The zero-order valence-corrected chi connectivity index (χ0v) is 10.5. The Hall–Kier alpha value is -2.31. The molecule has 3 heteroatoms. The Balaban J connectivity index is 2.00. The number of ether oxygens (including phenoxy) is 1. The molecule has 0 aromatic heterocycles. The quantitative estimate of drug-likeness (QED) is 0.891. The first-order valence-corrected chi connectivity index (χ1v) is 6.14. The van der Waals surface area contributed by atoms with Crippen LogP contribution >= 0.6 is 0 Å². The largest absolute Gasteiger partial charge is 0.489 e. The highest BCUT2D eigenvalue weighted by atomic mass is 16.5. The number of nitriles is 1. The van der Waals surface area contributed by atoms with Crippen molar-refractivity contribution in [2.24, 2.45) is 0 Å². The highest BCUT2D eigenvalue weighted by Crippen LogP contribution is 2.16. The van der Waals surface area contributed by atoms with Crippen LogP contribution in [0.4, 0.5) is 0 Å². The summed E-state index contributed by atoms with van der Waals surface area (Å²) in [6, 6.07) is 17.2. The van der Waals surface area contributed by atoms with E-state index in [1.54, 1.807) is 6.07 Å². The highest BCUT2D eigenvalue weighted by molar-refractivity contribution is 5.37. The minimum Gasteiger partial charge on any atom is -0.489 e. The van der Waals surface area contributed by atoms with Gasteiger partial charge in [0.2, 0.25) is 0 Å². The van der Waals surface area contributed by atoms with Crippen molar-refractivity contribution in [3.05, 3.63) is 65.2 Å². The molecular formula is C16H15NO2. The van der Waals surface area contributed by atoms with Crippen LogP contribution in [0, 0.1) is 11.3 Å². The van der Waals surface area contributed by atoms with Gasteiger partial charge in [-0.1, -0.05) is 30.3 Å². The summed E-state index contributed by atoms with van der Waals surface area (Å²) in [6.45, 7) is 0.527. The normalized spacial score (nSPS) is 9.89. The third-order valence-corrected chi connectivity index (χ3v) is 2.86. The van der Waals surface area contributed by atoms with Gasteiger partial charge in [0.05, 0.1) is 11.6 Å². The van der Waals surface area contributed by atoms with E-state index >= 15 is 0 Å². The van der Waals surface area contributed by atoms with Crippen LogP contribution < -0.4 is 4.74 Å². The molecule has 0 aliphatic rings. The molecule has 0 saturated carbocycles. The maximum atomic E-state index is 8.98. The summed E-state index contributed by atoms with van der Waals surface area (Å²) >= 11 is 0. The molecule has 2 aromatic carbocycles. The summed E-state index contributed by atoms with van der Waals surface area (Å²) in [5.41, 5.74) is 2.59. The van der Waals surface area contributed by atoms with Crippen LogP contribution in [0.2, 0.25) is 0 Å². The van der Waals surface area contributed by atoms with E-state index in [1.165, 1.54) is 0 Å². The van der Waals surface area contributed by atoms with Gasteiger partial charge in [-0.25, -0.2) is 0 Å². The summed E-state index contributed by atoms with van der Waals surface area (Å²) in [4.78, 5) is 0. The zero-order valence-electron chi connectivity index (χ0n) is 10.5. The average molecular weight is 253 g/mol. The maximum absolute atomic E-state index is 8.98. The topological polar surface area (TPSA) is 53.2 Å². The van der Waals surface area contributed by atoms with Crippen molar-refractivity contribution in [3.63, 3.8) is 0 Å². The molecule has 0 saturated heterocycles. The second kappa shape index (κ2) is 6.58. The lowest BCUT2D eigenvalue weighted by atomic mass is 10.1. The first-order chi connectivity index (χ1) is 9.33. The fraction of sp³-hybridized carbons (Fsp3) is 0.188. The zero-order chi connectivity index (χ0) is 13.5. The molecule has 2 aromatic rings. The number of hydrogen-bond acceptors (Lipinski definition) is 3. The van der Waals surface area contributed by atoms with Gasteiger partial charge in [0, 0.05) is 12.2 Å². The number of nitrogens with zero attached hydrogens (tertiary/aromatic N) is 1. The van der Waals surface area contributed by atoms with Gasteiger partial charge >= 0.3 is 0 Å². The van der Waals surface area contributed by atoms with Crippen molar-refractivity contribution in [2.45, 2.75) is 13.0 Å². The van der Waals surface area contributed by atoms with E-state index in [2.05, 4.69) is 6.07 Å². The van der Waals surface area contributed by atoms with Crippen LogP contribution in [0.3, 0.4) is 0 Å². The average Bonchev–Trinajstić information content (AvgIpc) is 2.47. The lowest BCUT2D eigenvalue weighted by Gasteiger charge is -2.08. The van der Waals surface area contributed by atoms with Crippen molar-refractivity contribution < 1.29 is 9.84 Å². The molecule has 0 bridgehead atoms. The number of aliphatic hydroxyl groups is 1. The summed E-state index contributed by atoms with van der Waals surface area (Å²) in [7, 11) is 0. The van der Waals surface area contributed by atoms with Gasteiger partial charge in [0.25, 0.3) is 0 Å². The predicted octanol–water partition coefficient (Wildman–Crippen LogP) is 2.67. The standard InChI is InChI=1S/C16H15NO2/c17-11-14-3-1-2-4-15(14)12-19-16-7-5-13(6-8-16)9-10-18/h1-8,18H,9-10,12H2. The molecule has 0 aliphatic heterocycles. The van der Waals surface area contributed by atoms with E-state index in [0.717, 1.165) is 16.9 Å². The smallest absolute Gasteiger partial charge is 0.119 e. The van der Waals surface area contributed by atoms with Crippen LogP contribution in [-0.4, -0.2) is 11.7 Å². The van der Waals surface area contributed by atoms with Gasteiger partial charge in [-0.15, -0.1) is 0 Å². The number of aliphatic hydroxyl groups excluding tert-OH is 1. The fourth-order valence-corrected chi connectivity index (χ4v) is 1.80. The molecule has 0 amide bonds. The van der Waals surface area contributed by atoms with Crippen molar-refractivity contribution >= 4 is 0 Å². The van der Waals surface area contributed by atoms with Crippen molar-refractivity contribution in [2.75, 3.05) is 6.61 Å². The van der Waals surface area contributed by atoms with Crippen molar-refractivity contribution in [3.8, 4) is 11.8 Å². The van der Waals surface area contributed by atoms with Crippen LogP contribution in [0.5, 0.6) is 5.75 Å². The SMILES string of the molecule is N#Cc1ccccc1COc1ccc(CCO)cc1.